The molecule has 184 valence electrons. The fraction of sp³-hybridized carbons (Fsp3) is 0.222. The van der Waals surface area contributed by atoms with E-state index in [1.807, 2.05) is 43.3 Å². The largest absolute Gasteiger partial charge is 0.462 e. The lowest BCUT2D eigenvalue weighted by atomic mass is 10.1. The minimum Gasteiger partial charge on any atom is -0.462 e. The van der Waals surface area contributed by atoms with Crippen LogP contribution in [0.15, 0.2) is 66.7 Å². The van der Waals surface area contributed by atoms with E-state index in [1.165, 1.54) is 6.07 Å². The van der Waals surface area contributed by atoms with Gasteiger partial charge >= 0.3 is 6.01 Å². The molecule has 0 radical (unpaired) electrons. The Labute approximate surface area is 208 Å². The lowest BCUT2D eigenvalue weighted by Crippen LogP contribution is -2.12. The smallest absolute Gasteiger partial charge is 0.336 e. The molecule has 1 N–H and O–H groups in total. The van der Waals surface area contributed by atoms with Crippen LogP contribution < -0.4 is 10.1 Å². The number of rotatable bonds is 8. The van der Waals surface area contributed by atoms with Crippen LogP contribution in [-0.4, -0.2) is 32.2 Å². The molecule has 0 unspecified atom stereocenters. The Kier molecular flexibility index (Phi) is 7.10. The number of amides is 1. The van der Waals surface area contributed by atoms with E-state index in [-0.39, 0.29) is 17.3 Å². The maximum atomic E-state index is 12.7. The third-order valence-electron chi connectivity index (χ3n) is 5.48. The highest BCUT2D eigenvalue weighted by Gasteiger charge is 2.17. The van der Waals surface area contributed by atoms with Crippen molar-refractivity contribution in [1.82, 2.24) is 14.8 Å². The molecule has 0 saturated carbocycles. The average molecular weight is 486 g/mol. The molecule has 4 rings (SSSR count). The van der Waals surface area contributed by atoms with Crippen molar-refractivity contribution in [3.8, 4) is 23.1 Å². The molecule has 0 aliphatic rings. The van der Waals surface area contributed by atoms with Crippen LogP contribution in [0.25, 0.3) is 17.1 Å². The third-order valence-corrected chi connectivity index (χ3v) is 5.48. The molecule has 1 aromatic heterocycles. The van der Waals surface area contributed by atoms with Gasteiger partial charge in [0.05, 0.1) is 17.2 Å². The van der Waals surface area contributed by atoms with Gasteiger partial charge in [0.1, 0.15) is 0 Å². The van der Waals surface area contributed by atoms with E-state index < -0.39 is 10.8 Å². The van der Waals surface area contributed by atoms with Gasteiger partial charge in [0.2, 0.25) is 0 Å². The first-order chi connectivity index (χ1) is 17.2. The van der Waals surface area contributed by atoms with Crippen LogP contribution in [0.3, 0.4) is 0 Å². The molecule has 9 heteroatoms. The fourth-order valence-corrected chi connectivity index (χ4v) is 3.50. The second-order valence-electron chi connectivity index (χ2n) is 8.96. The molecule has 0 aliphatic carbocycles. The molecular weight excluding hydrogens is 458 g/mol. The molecule has 0 spiro atoms. The van der Waals surface area contributed by atoms with E-state index in [1.54, 1.807) is 35.9 Å². The van der Waals surface area contributed by atoms with Gasteiger partial charge in [-0.05, 0) is 50.1 Å². The fourth-order valence-electron chi connectivity index (χ4n) is 3.50. The van der Waals surface area contributed by atoms with Crippen LogP contribution in [0, 0.1) is 29.9 Å². The summed E-state index contributed by atoms with van der Waals surface area (Å²) in [6.07, 6.45) is 0. The molecule has 0 aliphatic heterocycles. The van der Waals surface area contributed by atoms with Crippen LogP contribution in [0.5, 0.6) is 6.01 Å². The maximum absolute atomic E-state index is 12.7. The molecule has 4 aromatic rings. The second kappa shape index (κ2) is 10.4. The predicted molar refractivity (Wildman–Crippen MR) is 138 cm³/mol. The van der Waals surface area contributed by atoms with Crippen LogP contribution in [0.2, 0.25) is 0 Å². The summed E-state index contributed by atoms with van der Waals surface area (Å²) in [4.78, 5) is 28.0. The topological polar surface area (TPSA) is 112 Å². The number of ether oxygens (including phenoxy) is 1. The molecule has 0 fully saturated rings. The summed E-state index contributed by atoms with van der Waals surface area (Å²) in [5, 5.41) is 18.5. The molecule has 36 heavy (non-hydrogen) atoms. The molecule has 0 bridgehead atoms. The number of anilines is 1. The monoisotopic (exact) mass is 485 g/mol. The minimum absolute atomic E-state index is 0.0942. The SMILES string of the molecule is Cc1ccc(-c2nc(OCC(C)C)nn2-c2ccc(NC(=O)c3ccc(C)c([N+](=O)[O-])c3)cc2)cc1. The maximum Gasteiger partial charge on any atom is 0.336 e. The van der Waals surface area contributed by atoms with Crippen molar-refractivity contribution in [2.45, 2.75) is 27.7 Å². The number of benzene rings is 3. The number of carbonyl (C=O) groups is 1. The average Bonchev–Trinajstić information content (AvgIpc) is 3.28. The van der Waals surface area contributed by atoms with Crippen LogP contribution in [0.4, 0.5) is 11.4 Å². The van der Waals surface area contributed by atoms with Crippen molar-refractivity contribution in [2.24, 2.45) is 5.92 Å². The number of nitrogens with one attached hydrogen (secondary N) is 1. The van der Waals surface area contributed by atoms with E-state index in [4.69, 9.17) is 4.74 Å². The third kappa shape index (κ3) is 5.57. The van der Waals surface area contributed by atoms with Gasteiger partial charge in [-0.15, -0.1) is 5.10 Å². The van der Waals surface area contributed by atoms with E-state index in [0.717, 1.165) is 16.8 Å². The van der Waals surface area contributed by atoms with Gasteiger partial charge in [0, 0.05) is 28.4 Å². The van der Waals surface area contributed by atoms with Crippen LogP contribution in [0.1, 0.15) is 35.3 Å². The van der Waals surface area contributed by atoms with E-state index in [0.29, 0.717) is 29.6 Å². The lowest BCUT2D eigenvalue weighted by molar-refractivity contribution is -0.385. The molecule has 0 atom stereocenters. The quantitative estimate of drug-likeness (QED) is 0.251. The Morgan fingerprint density at radius 1 is 1.06 bits per heavy atom. The lowest BCUT2D eigenvalue weighted by Gasteiger charge is -2.09. The van der Waals surface area contributed by atoms with Gasteiger partial charge < -0.3 is 10.1 Å². The molecule has 9 nitrogen and oxygen atoms in total. The molecule has 1 heterocycles. The van der Waals surface area contributed by atoms with Gasteiger partial charge in [0.15, 0.2) is 5.82 Å². The first kappa shape index (κ1) is 24.6. The Morgan fingerprint density at radius 3 is 2.39 bits per heavy atom. The summed E-state index contributed by atoms with van der Waals surface area (Å²) in [5.74, 6) is 0.534. The first-order valence-corrected chi connectivity index (χ1v) is 11.5. The summed E-state index contributed by atoms with van der Waals surface area (Å²) in [7, 11) is 0. The predicted octanol–water partition coefficient (Wildman–Crippen LogP) is 5.75. The number of aryl methyl sites for hydroxylation is 2. The molecule has 0 saturated heterocycles. The highest BCUT2D eigenvalue weighted by atomic mass is 16.6. The summed E-state index contributed by atoms with van der Waals surface area (Å²) < 4.78 is 7.47. The van der Waals surface area contributed by atoms with Crippen molar-refractivity contribution in [3.05, 3.63) is 93.5 Å². The minimum atomic E-state index is -0.496. The number of hydrogen-bond donors (Lipinski definition) is 1. The molecule has 3 aromatic carbocycles. The zero-order chi connectivity index (χ0) is 25.8. The number of carbonyl (C=O) groups excluding carboxylic acids is 1. The van der Waals surface area contributed by atoms with Crippen molar-refractivity contribution in [1.29, 1.82) is 0 Å². The second-order valence-corrected chi connectivity index (χ2v) is 8.96. The van der Waals surface area contributed by atoms with Gasteiger partial charge in [-0.25, -0.2) is 4.68 Å². The number of nitro benzene ring substituents is 1. The van der Waals surface area contributed by atoms with Crippen molar-refractivity contribution >= 4 is 17.3 Å². The van der Waals surface area contributed by atoms with E-state index >= 15 is 0 Å². The standard InChI is InChI=1S/C27H27N5O4/c1-17(2)16-36-27-29-25(20-8-5-18(3)6-9-20)31(30-27)23-13-11-22(12-14-23)28-26(33)21-10-7-19(4)24(15-21)32(34)35/h5-15,17H,16H2,1-4H3,(H,28,33). The summed E-state index contributed by atoms with van der Waals surface area (Å²) in [6, 6.07) is 19.8. The normalized spacial score (nSPS) is 10.9. The van der Waals surface area contributed by atoms with Gasteiger partial charge in [0.25, 0.3) is 11.6 Å². The van der Waals surface area contributed by atoms with Crippen molar-refractivity contribution in [3.63, 3.8) is 0 Å². The highest BCUT2D eigenvalue weighted by molar-refractivity contribution is 6.04. The molecular formula is C27H27N5O4. The van der Waals surface area contributed by atoms with Gasteiger partial charge in [-0.1, -0.05) is 49.7 Å². The van der Waals surface area contributed by atoms with Crippen molar-refractivity contribution < 1.29 is 14.5 Å². The van der Waals surface area contributed by atoms with E-state index in [9.17, 15) is 14.9 Å². The summed E-state index contributed by atoms with van der Waals surface area (Å²) >= 11 is 0. The zero-order valence-electron chi connectivity index (χ0n) is 20.6. The summed E-state index contributed by atoms with van der Waals surface area (Å²) in [5.41, 5.74) is 3.92. The highest BCUT2D eigenvalue weighted by Crippen LogP contribution is 2.26. The number of hydrogen-bond acceptors (Lipinski definition) is 6. The Bertz CT molecular complexity index is 1390. The van der Waals surface area contributed by atoms with Crippen molar-refractivity contribution in [2.75, 3.05) is 11.9 Å². The number of aromatic nitrogens is 3. The number of nitrogens with zero attached hydrogens (tertiary/aromatic N) is 4. The summed E-state index contributed by atoms with van der Waals surface area (Å²) in [6.45, 7) is 8.26. The van der Waals surface area contributed by atoms with E-state index in [2.05, 4.69) is 29.2 Å². The Morgan fingerprint density at radius 2 is 1.75 bits per heavy atom. The zero-order valence-corrected chi connectivity index (χ0v) is 20.6. The van der Waals surface area contributed by atoms with Crippen LogP contribution in [-0.2, 0) is 0 Å². The Balaban J connectivity index is 1.59. The van der Waals surface area contributed by atoms with Gasteiger partial charge in [-0.3, -0.25) is 14.9 Å². The Hall–Kier alpha value is -4.53. The number of nitro groups is 1. The first-order valence-electron chi connectivity index (χ1n) is 11.5. The molecule has 1 amide bonds. The van der Waals surface area contributed by atoms with Crippen LogP contribution >= 0.6 is 0 Å². The van der Waals surface area contributed by atoms with Gasteiger partial charge in [-0.2, -0.15) is 4.98 Å².